The van der Waals surface area contributed by atoms with Gasteiger partial charge in [0.2, 0.25) is 0 Å². The molecule has 0 bridgehead atoms. The Morgan fingerprint density at radius 1 is 1.00 bits per heavy atom. The number of benzene rings is 2. The third-order valence-electron chi connectivity index (χ3n) is 3.79. The Hall–Kier alpha value is -2.16. The zero-order valence-corrected chi connectivity index (χ0v) is 12.1. The summed E-state index contributed by atoms with van der Waals surface area (Å²) in [6.45, 7) is 2.13. The normalized spacial score (nSPS) is 16.4. The SMILES string of the molecule is COc1cc(OC)cc(C2Cc3cc(C)ccc3N2)c1. The Morgan fingerprint density at radius 2 is 1.70 bits per heavy atom. The largest absolute Gasteiger partial charge is 0.497 e. The van der Waals surface area contributed by atoms with Crippen LogP contribution in [0.4, 0.5) is 5.69 Å². The first-order valence-corrected chi connectivity index (χ1v) is 6.78. The van der Waals surface area contributed by atoms with Crippen molar-refractivity contribution < 1.29 is 9.47 Å². The third-order valence-corrected chi connectivity index (χ3v) is 3.79. The van der Waals surface area contributed by atoms with Crippen molar-refractivity contribution in [1.82, 2.24) is 0 Å². The summed E-state index contributed by atoms with van der Waals surface area (Å²) in [5.41, 5.74) is 5.09. The fourth-order valence-corrected chi connectivity index (χ4v) is 2.72. The van der Waals surface area contributed by atoms with E-state index in [1.54, 1.807) is 14.2 Å². The molecule has 1 heterocycles. The molecule has 0 aliphatic carbocycles. The van der Waals surface area contributed by atoms with Crippen molar-refractivity contribution in [2.45, 2.75) is 19.4 Å². The van der Waals surface area contributed by atoms with Gasteiger partial charge in [0.25, 0.3) is 0 Å². The molecule has 3 heteroatoms. The van der Waals surface area contributed by atoms with E-state index in [1.165, 1.54) is 22.4 Å². The Bertz CT molecular complexity index is 615. The van der Waals surface area contributed by atoms with E-state index in [0.717, 1.165) is 17.9 Å². The number of hydrogen-bond acceptors (Lipinski definition) is 3. The van der Waals surface area contributed by atoms with Gasteiger partial charge in [0.15, 0.2) is 0 Å². The molecule has 0 radical (unpaired) electrons. The molecule has 0 fully saturated rings. The van der Waals surface area contributed by atoms with Gasteiger partial charge in [0.1, 0.15) is 11.5 Å². The Labute approximate surface area is 119 Å². The molecular formula is C17H19NO2. The highest BCUT2D eigenvalue weighted by Crippen LogP contribution is 2.37. The van der Waals surface area contributed by atoms with E-state index >= 15 is 0 Å². The van der Waals surface area contributed by atoms with Crippen LogP contribution in [0.3, 0.4) is 0 Å². The molecule has 0 saturated carbocycles. The molecular weight excluding hydrogens is 250 g/mol. The maximum Gasteiger partial charge on any atom is 0.122 e. The first-order chi connectivity index (χ1) is 9.69. The number of rotatable bonds is 3. The molecule has 1 N–H and O–H groups in total. The molecule has 1 aliphatic rings. The maximum absolute atomic E-state index is 5.35. The minimum atomic E-state index is 0.274. The number of anilines is 1. The zero-order chi connectivity index (χ0) is 14.1. The van der Waals surface area contributed by atoms with Crippen LogP contribution >= 0.6 is 0 Å². The quantitative estimate of drug-likeness (QED) is 0.921. The molecule has 1 atom stereocenters. The van der Waals surface area contributed by atoms with Crippen LogP contribution < -0.4 is 14.8 Å². The molecule has 2 aromatic rings. The summed E-state index contributed by atoms with van der Waals surface area (Å²) in [7, 11) is 3.36. The second-order valence-corrected chi connectivity index (χ2v) is 5.21. The standard InChI is InChI=1S/C17H19NO2/c1-11-4-5-16-12(6-11)9-17(18-16)13-7-14(19-2)10-15(8-13)20-3/h4-8,10,17-18H,9H2,1-3H3. The molecule has 104 valence electrons. The van der Waals surface area contributed by atoms with Gasteiger partial charge < -0.3 is 14.8 Å². The van der Waals surface area contributed by atoms with Crippen LogP contribution in [0.2, 0.25) is 0 Å². The van der Waals surface area contributed by atoms with Crippen molar-refractivity contribution in [1.29, 1.82) is 0 Å². The van der Waals surface area contributed by atoms with Gasteiger partial charge in [-0.1, -0.05) is 17.7 Å². The number of methoxy groups -OCH3 is 2. The smallest absolute Gasteiger partial charge is 0.122 e. The summed E-state index contributed by atoms with van der Waals surface area (Å²) in [6.07, 6.45) is 0.993. The lowest BCUT2D eigenvalue weighted by atomic mass is 10.0. The highest BCUT2D eigenvalue weighted by molar-refractivity contribution is 5.60. The minimum Gasteiger partial charge on any atom is -0.497 e. The summed E-state index contributed by atoms with van der Waals surface area (Å²) < 4.78 is 10.7. The van der Waals surface area contributed by atoms with E-state index in [4.69, 9.17) is 9.47 Å². The second-order valence-electron chi connectivity index (χ2n) is 5.21. The molecule has 3 rings (SSSR count). The van der Waals surface area contributed by atoms with Crippen molar-refractivity contribution in [2.24, 2.45) is 0 Å². The molecule has 3 nitrogen and oxygen atoms in total. The monoisotopic (exact) mass is 269 g/mol. The fourth-order valence-electron chi connectivity index (χ4n) is 2.72. The highest BCUT2D eigenvalue weighted by Gasteiger charge is 2.22. The molecule has 20 heavy (non-hydrogen) atoms. The Morgan fingerprint density at radius 3 is 2.35 bits per heavy atom. The number of ether oxygens (including phenoxy) is 2. The van der Waals surface area contributed by atoms with Crippen LogP contribution in [0.15, 0.2) is 36.4 Å². The van der Waals surface area contributed by atoms with Crippen molar-refractivity contribution in [2.75, 3.05) is 19.5 Å². The van der Waals surface area contributed by atoms with E-state index in [0.29, 0.717) is 0 Å². The first-order valence-electron chi connectivity index (χ1n) is 6.78. The van der Waals surface area contributed by atoms with E-state index < -0.39 is 0 Å². The first kappa shape index (κ1) is 12.9. The van der Waals surface area contributed by atoms with Crippen LogP contribution in [-0.2, 0) is 6.42 Å². The number of aryl methyl sites for hydroxylation is 1. The van der Waals surface area contributed by atoms with Crippen LogP contribution in [0.5, 0.6) is 11.5 Å². The highest BCUT2D eigenvalue weighted by atomic mass is 16.5. The number of fused-ring (bicyclic) bond motifs is 1. The van der Waals surface area contributed by atoms with E-state index in [-0.39, 0.29) is 6.04 Å². The lowest BCUT2D eigenvalue weighted by Gasteiger charge is -2.14. The van der Waals surface area contributed by atoms with Gasteiger partial charge in [-0.3, -0.25) is 0 Å². The zero-order valence-electron chi connectivity index (χ0n) is 12.1. The molecule has 1 aliphatic heterocycles. The lowest BCUT2D eigenvalue weighted by Crippen LogP contribution is -2.06. The molecule has 1 unspecified atom stereocenters. The van der Waals surface area contributed by atoms with Crippen LogP contribution in [0, 0.1) is 6.92 Å². The average molecular weight is 269 g/mol. The van der Waals surface area contributed by atoms with Crippen LogP contribution in [0.25, 0.3) is 0 Å². The van der Waals surface area contributed by atoms with Gasteiger partial charge in [-0.25, -0.2) is 0 Å². The predicted octanol–water partition coefficient (Wildman–Crippen LogP) is 3.72. The maximum atomic E-state index is 5.35. The van der Waals surface area contributed by atoms with Gasteiger partial charge in [-0.15, -0.1) is 0 Å². The molecule has 0 saturated heterocycles. The van der Waals surface area contributed by atoms with Crippen molar-refractivity contribution in [3.63, 3.8) is 0 Å². The predicted molar refractivity (Wildman–Crippen MR) is 80.8 cm³/mol. The fraction of sp³-hybridized carbons (Fsp3) is 0.294. The minimum absolute atomic E-state index is 0.274. The molecule has 0 amide bonds. The van der Waals surface area contributed by atoms with E-state index in [9.17, 15) is 0 Å². The summed E-state index contributed by atoms with van der Waals surface area (Å²) >= 11 is 0. The van der Waals surface area contributed by atoms with E-state index in [1.807, 2.05) is 6.07 Å². The molecule has 2 aromatic carbocycles. The number of hydrogen-bond donors (Lipinski definition) is 1. The summed E-state index contributed by atoms with van der Waals surface area (Å²) in [5, 5.41) is 3.57. The summed E-state index contributed by atoms with van der Waals surface area (Å²) in [4.78, 5) is 0. The lowest BCUT2D eigenvalue weighted by molar-refractivity contribution is 0.393. The van der Waals surface area contributed by atoms with Gasteiger partial charge in [-0.2, -0.15) is 0 Å². The molecule has 0 aromatic heterocycles. The van der Waals surface area contributed by atoms with Crippen molar-refractivity contribution >= 4 is 5.69 Å². The van der Waals surface area contributed by atoms with Crippen LogP contribution in [-0.4, -0.2) is 14.2 Å². The number of nitrogens with one attached hydrogen (secondary N) is 1. The van der Waals surface area contributed by atoms with E-state index in [2.05, 4.69) is 42.6 Å². The van der Waals surface area contributed by atoms with Crippen LogP contribution in [0.1, 0.15) is 22.7 Å². The van der Waals surface area contributed by atoms with Gasteiger partial charge in [0, 0.05) is 11.8 Å². The van der Waals surface area contributed by atoms with Crippen molar-refractivity contribution in [3.05, 3.63) is 53.1 Å². The molecule has 0 spiro atoms. The van der Waals surface area contributed by atoms with Gasteiger partial charge in [-0.05, 0) is 42.7 Å². The Balaban J connectivity index is 1.92. The topological polar surface area (TPSA) is 30.5 Å². The summed E-state index contributed by atoms with van der Waals surface area (Å²) in [6, 6.07) is 12.9. The van der Waals surface area contributed by atoms with Gasteiger partial charge >= 0.3 is 0 Å². The van der Waals surface area contributed by atoms with Crippen molar-refractivity contribution in [3.8, 4) is 11.5 Å². The van der Waals surface area contributed by atoms with Gasteiger partial charge in [0.05, 0.1) is 20.3 Å². The summed E-state index contributed by atoms with van der Waals surface area (Å²) in [5.74, 6) is 1.65. The second kappa shape index (κ2) is 5.08. The Kier molecular flexibility index (Phi) is 3.26. The average Bonchev–Trinajstić information content (AvgIpc) is 2.89. The third kappa shape index (κ3) is 2.31.